The Morgan fingerprint density at radius 1 is 1.19 bits per heavy atom. The molecule has 0 aliphatic heterocycles. The number of benzene rings is 1. The van der Waals surface area contributed by atoms with Crippen molar-refractivity contribution in [1.29, 1.82) is 0 Å². The van der Waals surface area contributed by atoms with Crippen molar-refractivity contribution < 1.29 is 4.74 Å². The molecule has 8 heteroatoms. The lowest BCUT2D eigenvalue weighted by molar-refractivity contribution is 0.318. The molecule has 0 aliphatic rings. The fraction of sp³-hybridized carbons (Fsp3) is 0.421. The zero-order chi connectivity index (χ0) is 19.6. The van der Waals surface area contributed by atoms with Gasteiger partial charge in [-0.3, -0.25) is 13.9 Å². The Hall–Kier alpha value is -2.54. The van der Waals surface area contributed by atoms with Gasteiger partial charge >= 0.3 is 5.69 Å². The summed E-state index contributed by atoms with van der Waals surface area (Å²) >= 11 is 5.70. The highest BCUT2D eigenvalue weighted by Crippen LogP contribution is 2.26. The van der Waals surface area contributed by atoms with Crippen LogP contribution in [0.1, 0.15) is 19.8 Å². The molecule has 0 radical (unpaired) electrons. The predicted octanol–water partition coefficient (Wildman–Crippen LogP) is 2.52. The van der Waals surface area contributed by atoms with Gasteiger partial charge in [-0.25, -0.2) is 9.78 Å². The van der Waals surface area contributed by atoms with Crippen molar-refractivity contribution in [2.24, 2.45) is 14.1 Å². The highest BCUT2D eigenvalue weighted by Gasteiger charge is 2.19. The summed E-state index contributed by atoms with van der Waals surface area (Å²) in [6, 6.07) is 7.58. The molecule has 0 aliphatic carbocycles. The van der Waals surface area contributed by atoms with E-state index < -0.39 is 5.69 Å². The number of hydrogen-bond acceptors (Lipinski definition) is 4. The Morgan fingerprint density at radius 2 is 1.96 bits per heavy atom. The number of aryl methyl sites for hydroxylation is 2. The number of fused-ring (bicyclic) bond motifs is 1. The molecule has 0 amide bonds. The topological polar surface area (TPSA) is 71.1 Å². The van der Waals surface area contributed by atoms with Gasteiger partial charge in [0.1, 0.15) is 11.6 Å². The van der Waals surface area contributed by atoms with Crippen molar-refractivity contribution >= 4 is 22.8 Å². The van der Waals surface area contributed by atoms with Gasteiger partial charge in [0.25, 0.3) is 5.56 Å². The summed E-state index contributed by atoms with van der Waals surface area (Å²) in [5, 5.41) is 0. The molecule has 0 unspecified atom stereocenters. The molecule has 0 saturated heterocycles. The van der Waals surface area contributed by atoms with Gasteiger partial charge < -0.3 is 9.30 Å². The first-order chi connectivity index (χ1) is 13.0. The average Bonchev–Trinajstić information content (AvgIpc) is 3.05. The summed E-state index contributed by atoms with van der Waals surface area (Å²) in [7, 11) is 3.11. The van der Waals surface area contributed by atoms with Gasteiger partial charge in [0.2, 0.25) is 0 Å². The molecule has 27 heavy (non-hydrogen) atoms. The van der Waals surface area contributed by atoms with E-state index in [0.717, 1.165) is 28.7 Å². The minimum Gasteiger partial charge on any atom is -0.494 e. The van der Waals surface area contributed by atoms with Gasteiger partial charge in [-0.1, -0.05) is 19.1 Å². The maximum Gasteiger partial charge on any atom is 0.332 e. The van der Waals surface area contributed by atoms with Crippen molar-refractivity contribution in [3.63, 3.8) is 0 Å². The van der Waals surface area contributed by atoms with Crippen LogP contribution in [0.5, 0.6) is 5.75 Å². The highest BCUT2D eigenvalue weighted by molar-refractivity contribution is 6.17. The number of alkyl halides is 1. The minimum absolute atomic E-state index is 0.338. The second kappa shape index (κ2) is 8.00. The second-order valence-electron chi connectivity index (χ2n) is 6.38. The van der Waals surface area contributed by atoms with Crippen LogP contribution in [0.4, 0.5) is 0 Å². The summed E-state index contributed by atoms with van der Waals surface area (Å²) in [6.45, 7) is 3.19. The number of ether oxygens (including phenoxy) is 1. The molecule has 0 spiro atoms. The van der Waals surface area contributed by atoms with Crippen LogP contribution in [0.25, 0.3) is 22.6 Å². The standard InChI is InChI=1S/C19H23ClN4O3/c1-4-10-24-15-17(22(2)19(26)23(3)18(15)25)21-16(24)13-7-5-8-14(12-13)27-11-6-9-20/h5,7-8,12H,4,6,9-11H2,1-3H3. The van der Waals surface area contributed by atoms with Crippen molar-refractivity contribution in [2.45, 2.75) is 26.3 Å². The average molecular weight is 391 g/mol. The van der Waals surface area contributed by atoms with Crippen LogP contribution < -0.4 is 16.0 Å². The summed E-state index contributed by atoms with van der Waals surface area (Å²) in [6.07, 6.45) is 1.59. The third-order valence-electron chi connectivity index (χ3n) is 4.43. The van der Waals surface area contributed by atoms with Crippen molar-refractivity contribution in [2.75, 3.05) is 12.5 Å². The molecule has 0 bridgehead atoms. The fourth-order valence-electron chi connectivity index (χ4n) is 3.08. The van der Waals surface area contributed by atoms with E-state index in [2.05, 4.69) is 4.98 Å². The lowest BCUT2D eigenvalue weighted by Crippen LogP contribution is -2.37. The maximum absolute atomic E-state index is 12.7. The van der Waals surface area contributed by atoms with Crippen molar-refractivity contribution in [3.05, 3.63) is 45.1 Å². The third-order valence-corrected chi connectivity index (χ3v) is 4.70. The lowest BCUT2D eigenvalue weighted by Gasteiger charge is -2.10. The Labute approximate surface area is 161 Å². The molecule has 3 aromatic rings. The molecule has 0 fully saturated rings. The smallest absolute Gasteiger partial charge is 0.332 e. The first kappa shape index (κ1) is 19.2. The van der Waals surface area contributed by atoms with Gasteiger partial charge in [0.15, 0.2) is 11.2 Å². The summed E-state index contributed by atoms with van der Waals surface area (Å²) < 4.78 is 10.1. The molecule has 0 N–H and O–H groups in total. The number of nitrogens with zero attached hydrogens (tertiary/aromatic N) is 4. The summed E-state index contributed by atoms with van der Waals surface area (Å²) in [4.78, 5) is 29.6. The number of hydrogen-bond donors (Lipinski definition) is 0. The molecule has 3 rings (SSSR count). The van der Waals surface area contributed by atoms with Crippen molar-refractivity contribution in [3.8, 4) is 17.1 Å². The first-order valence-electron chi connectivity index (χ1n) is 8.95. The molecule has 2 aromatic heterocycles. The molecule has 0 saturated carbocycles. The second-order valence-corrected chi connectivity index (χ2v) is 6.76. The van der Waals surface area contributed by atoms with Crippen LogP contribution in [-0.2, 0) is 20.6 Å². The SMILES string of the molecule is CCCn1c(-c2cccc(OCCCCl)c2)nc2c1c(=O)n(C)c(=O)n2C. The Kier molecular flexibility index (Phi) is 5.70. The molecular weight excluding hydrogens is 368 g/mol. The summed E-state index contributed by atoms with van der Waals surface area (Å²) in [5.41, 5.74) is 0.927. The van der Waals surface area contributed by atoms with Crippen LogP contribution in [-0.4, -0.2) is 31.2 Å². The normalized spacial score (nSPS) is 11.3. The summed E-state index contributed by atoms with van der Waals surface area (Å²) in [5.74, 6) is 1.91. The minimum atomic E-state index is -0.390. The monoisotopic (exact) mass is 390 g/mol. The van der Waals surface area contributed by atoms with E-state index in [0.29, 0.717) is 36.0 Å². The van der Waals surface area contributed by atoms with Gasteiger partial charge in [-0.2, -0.15) is 0 Å². The van der Waals surface area contributed by atoms with Crippen LogP contribution in [0.2, 0.25) is 0 Å². The van der Waals surface area contributed by atoms with E-state index in [9.17, 15) is 9.59 Å². The molecular formula is C19H23ClN4O3. The van der Waals surface area contributed by atoms with E-state index in [1.54, 1.807) is 7.05 Å². The Balaban J connectivity index is 2.20. The molecule has 144 valence electrons. The quantitative estimate of drug-likeness (QED) is 0.459. The van der Waals surface area contributed by atoms with E-state index in [4.69, 9.17) is 16.3 Å². The predicted molar refractivity (Wildman–Crippen MR) is 107 cm³/mol. The van der Waals surface area contributed by atoms with Crippen LogP contribution >= 0.6 is 11.6 Å². The third kappa shape index (κ3) is 3.51. The van der Waals surface area contributed by atoms with Crippen LogP contribution in [0.15, 0.2) is 33.9 Å². The number of aromatic nitrogens is 4. The molecule has 0 atom stereocenters. The molecule has 7 nitrogen and oxygen atoms in total. The van der Waals surface area contributed by atoms with Crippen LogP contribution in [0, 0.1) is 0 Å². The maximum atomic E-state index is 12.7. The zero-order valence-corrected chi connectivity index (χ0v) is 16.5. The van der Waals surface area contributed by atoms with Gasteiger partial charge in [0.05, 0.1) is 6.61 Å². The van der Waals surface area contributed by atoms with E-state index in [-0.39, 0.29) is 5.56 Å². The van der Waals surface area contributed by atoms with Crippen LogP contribution in [0.3, 0.4) is 0 Å². The number of rotatable bonds is 7. The molecule has 2 heterocycles. The Bertz CT molecular complexity index is 1080. The highest BCUT2D eigenvalue weighted by atomic mass is 35.5. The van der Waals surface area contributed by atoms with E-state index in [1.165, 1.54) is 11.6 Å². The first-order valence-corrected chi connectivity index (χ1v) is 9.48. The Morgan fingerprint density at radius 3 is 2.67 bits per heavy atom. The zero-order valence-electron chi connectivity index (χ0n) is 15.7. The van der Waals surface area contributed by atoms with E-state index in [1.807, 2.05) is 35.8 Å². The van der Waals surface area contributed by atoms with Crippen molar-refractivity contribution in [1.82, 2.24) is 18.7 Å². The fourth-order valence-corrected chi connectivity index (χ4v) is 3.19. The molecule has 1 aromatic carbocycles. The van der Waals surface area contributed by atoms with E-state index >= 15 is 0 Å². The van der Waals surface area contributed by atoms with Gasteiger partial charge in [-0.05, 0) is 25.0 Å². The van der Waals surface area contributed by atoms with Gasteiger partial charge in [0, 0.05) is 32.1 Å². The lowest BCUT2D eigenvalue weighted by atomic mass is 10.2. The largest absolute Gasteiger partial charge is 0.494 e. The number of halogens is 1. The van der Waals surface area contributed by atoms with Gasteiger partial charge in [-0.15, -0.1) is 11.6 Å². The number of imidazole rings is 1.